The average Bonchev–Trinajstić information content (AvgIpc) is 2.55. The van der Waals surface area contributed by atoms with Crippen LogP contribution in [0, 0.1) is 0 Å². The van der Waals surface area contributed by atoms with E-state index in [9.17, 15) is 9.59 Å². The quantitative estimate of drug-likeness (QED) is 0.507. The molecule has 1 aromatic rings. The summed E-state index contributed by atoms with van der Waals surface area (Å²) in [5.74, 6) is -0.605. The number of nitrogens with zero attached hydrogens (tertiary/aromatic N) is 4. The molecule has 0 N–H and O–H groups in total. The minimum absolute atomic E-state index is 0.597. The standard InChI is InChI=1S/C8H12N4O3/c1-6(2)12-8(14)11(9-10-12)5-4-7(13)15-3/h4-6H,1-3H3/b5-4+/i6D. The van der Waals surface area contributed by atoms with E-state index in [0.717, 1.165) is 21.6 Å². The number of aromatic nitrogens is 4. The van der Waals surface area contributed by atoms with E-state index in [2.05, 4.69) is 15.2 Å². The largest absolute Gasteiger partial charge is 0.466 e. The van der Waals surface area contributed by atoms with Gasteiger partial charge >= 0.3 is 11.7 Å². The lowest BCUT2D eigenvalue weighted by Gasteiger charge is -1.98. The zero-order valence-corrected chi connectivity index (χ0v) is 8.67. The first-order valence-corrected chi connectivity index (χ1v) is 4.17. The molecule has 82 valence electrons. The van der Waals surface area contributed by atoms with Crippen molar-refractivity contribution in [3.8, 4) is 0 Å². The molecule has 0 unspecified atom stereocenters. The third-order valence-electron chi connectivity index (χ3n) is 1.58. The van der Waals surface area contributed by atoms with Crippen molar-refractivity contribution in [2.45, 2.75) is 19.9 Å². The summed E-state index contributed by atoms with van der Waals surface area (Å²) in [5.41, 5.74) is -0.597. The predicted molar refractivity (Wildman–Crippen MR) is 52.0 cm³/mol. The molecule has 0 atom stereocenters. The van der Waals surface area contributed by atoms with Gasteiger partial charge in [0.1, 0.15) is 0 Å². The molecule has 0 aliphatic rings. The predicted octanol–water partition coefficient (Wildman–Crippen LogP) is -0.336. The van der Waals surface area contributed by atoms with Gasteiger partial charge in [0.15, 0.2) is 0 Å². The summed E-state index contributed by atoms with van der Waals surface area (Å²) in [6.45, 7) is 2.99. The maximum atomic E-state index is 11.6. The monoisotopic (exact) mass is 213 g/mol. The molecule has 1 heterocycles. The van der Waals surface area contributed by atoms with Crippen molar-refractivity contribution in [1.82, 2.24) is 19.8 Å². The molecule has 0 aliphatic carbocycles. The Labute approximate surface area is 87.3 Å². The van der Waals surface area contributed by atoms with Crippen molar-refractivity contribution in [2.75, 3.05) is 7.11 Å². The minimum atomic E-state index is -1.20. The van der Waals surface area contributed by atoms with Crippen molar-refractivity contribution in [1.29, 1.82) is 0 Å². The maximum absolute atomic E-state index is 11.6. The molecule has 0 radical (unpaired) electrons. The Balaban J connectivity index is 3.02. The van der Waals surface area contributed by atoms with Gasteiger partial charge in [0.05, 0.1) is 14.5 Å². The first kappa shape index (κ1) is 9.63. The van der Waals surface area contributed by atoms with Gasteiger partial charge in [-0.3, -0.25) is 0 Å². The third-order valence-corrected chi connectivity index (χ3v) is 1.58. The van der Waals surface area contributed by atoms with E-state index in [1.165, 1.54) is 21.0 Å². The molecular formula is C8H12N4O3. The number of tetrazole rings is 1. The lowest BCUT2D eigenvalue weighted by Crippen LogP contribution is -2.24. The van der Waals surface area contributed by atoms with Gasteiger partial charge < -0.3 is 4.74 Å². The molecule has 7 nitrogen and oxygen atoms in total. The lowest BCUT2D eigenvalue weighted by molar-refractivity contribution is -0.134. The Bertz CT molecular complexity index is 468. The summed E-state index contributed by atoms with van der Waals surface area (Å²) < 4.78 is 13.7. The van der Waals surface area contributed by atoms with Gasteiger partial charge in [0.25, 0.3) is 0 Å². The van der Waals surface area contributed by atoms with E-state index in [0.29, 0.717) is 0 Å². The Hall–Kier alpha value is -1.92. The summed E-state index contributed by atoms with van der Waals surface area (Å²) in [6, 6.07) is -1.20. The molecule has 15 heavy (non-hydrogen) atoms. The Morgan fingerprint density at radius 3 is 2.73 bits per heavy atom. The molecule has 0 spiro atoms. The van der Waals surface area contributed by atoms with Crippen LogP contribution in [0.3, 0.4) is 0 Å². The van der Waals surface area contributed by atoms with Crippen LogP contribution in [0.25, 0.3) is 6.20 Å². The molecule has 0 saturated heterocycles. The fourth-order valence-corrected chi connectivity index (χ4v) is 0.830. The van der Waals surface area contributed by atoms with Gasteiger partial charge in [-0.05, 0) is 24.3 Å². The van der Waals surface area contributed by atoms with E-state index in [1.807, 2.05) is 0 Å². The van der Waals surface area contributed by atoms with Crippen LogP contribution in [-0.2, 0) is 9.53 Å². The number of hydrogen-bond acceptors (Lipinski definition) is 5. The molecule has 1 rings (SSSR count). The number of hydrogen-bond donors (Lipinski definition) is 0. The lowest BCUT2D eigenvalue weighted by atomic mass is 10.4. The molecule has 0 bridgehead atoms. The van der Waals surface area contributed by atoms with Gasteiger partial charge in [-0.25, -0.2) is 9.59 Å². The van der Waals surface area contributed by atoms with Crippen molar-refractivity contribution in [2.24, 2.45) is 0 Å². The molecule has 0 aliphatic heterocycles. The number of esters is 1. The summed E-state index contributed by atoms with van der Waals surface area (Å²) in [4.78, 5) is 22.4. The first-order valence-electron chi connectivity index (χ1n) is 4.67. The number of methoxy groups -OCH3 is 1. The van der Waals surface area contributed by atoms with Crippen LogP contribution in [0.4, 0.5) is 0 Å². The number of carbonyl (C=O) groups is 1. The van der Waals surface area contributed by atoms with Gasteiger partial charge in [0, 0.05) is 12.3 Å². The normalized spacial score (nSPS) is 12.9. The van der Waals surface area contributed by atoms with Gasteiger partial charge in [-0.2, -0.15) is 9.36 Å². The minimum Gasteiger partial charge on any atom is -0.466 e. The highest BCUT2D eigenvalue weighted by atomic mass is 16.5. The zero-order valence-electron chi connectivity index (χ0n) is 9.67. The van der Waals surface area contributed by atoms with Gasteiger partial charge in [0.2, 0.25) is 0 Å². The second-order valence-electron chi connectivity index (χ2n) is 2.90. The van der Waals surface area contributed by atoms with E-state index >= 15 is 0 Å². The van der Waals surface area contributed by atoms with E-state index < -0.39 is 17.7 Å². The van der Waals surface area contributed by atoms with E-state index in [1.54, 1.807) is 0 Å². The second-order valence-corrected chi connectivity index (χ2v) is 2.90. The van der Waals surface area contributed by atoms with Crippen LogP contribution < -0.4 is 5.69 Å². The number of rotatable bonds is 3. The Morgan fingerprint density at radius 1 is 1.60 bits per heavy atom. The molecule has 7 heteroatoms. The van der Waals surface area contributed by atoms with Crippen molar-refractivity contribution in [3.63, 3.8) is 0 Å². The number of ether oxygens (including phenoxy) is 1. The average molecular weight is 213 g/mol. The van der Waals surface area contributed by atoms with Crippen LogP contribution in [0.15, 0.2) is 10.9 Å². The fraction of sp³-hybridized carbons (Fsp3) is 0.500. The van der Waals surface area contributed by atoms with Crippen LogP contribution in [0.1, 0.15) is 21.2 Å². The fourth-order valence-electron chi connectivity index (χ4n) is 0.830. The second kappa shape index (κ2) is 4.54. The summed E-state index contributed by atoms with van der Waals surface area (Å²) in [6.07, 6.45) is 2.17. The van der Waals surface area contributed by atoms with Crippen molar-refractivity contribution >= 4 is 12.2 Å². The van der Waals surface area contributed by atoms with Crippen molar-refractivity contribution < 1.29 is 10.9 Å². The molecule has 0 amide bonds. The molecule has 0 fully saturated rings. The van der Waals surface area contributed by atoms with Gasteiger partial charge in [-0.15, -0.1) is 0 Å². The van der Waals surface area contributed by atoms with Crippen molar-refractivity contribution in [3.05, 3.63) is 16.6 Å². The Morgan fingerprint density at radius 2 is 2.27 bits per heavy atom. The molecule has 0 saturated carbocycles. The summed E-state index contributed by atoms with van der Waals surface area (Å²) >= 11 is 0. The first-order chi connectivity index (χ1) is 7.36. The topological polar surface area (TPSA) is 79.0 Å². The molecule has 1 aromatic heterocycles. The van der Waals surface area contributed by atoms with Crippen LogP contribution >= 0.6 is 0 Å². The highest BCUT2D eigenvalue weighted by molar-refractivity contribution is 5.84. The third kappa shape index (κ3) is 2.52. The molecular weight excluding hydrogens is 200 g/mol. The SMILES string of the molecule is [2H]C(C)(C)n1nnn(/C=C/C(=O)OC)c1=O. The zero-order chi connectivity index (χ0) is 12.3. The smallest absolute Gasteiger partial charge is 0.368 e. The van der Waals surface area contributed by atoms with Crippen LogP contribution in [0.2, 0.25) is 0 Å². The van der Waals surface area contributed by atoms with Crippen LogP contribution in [-0.4, -0.2) is 32.9 Å². The summed E-state index contributed by atoms with van der Waals surface area (Å²) in [5, 5.41) is 7.01. The van der Waals surface area contributed by atoms with Gasteiger partial charge in [-0.1, -0.05) is 0 Å². The highest BCUT2D eigenvalue weighted by Crippen LogP contribution is 1.94. The maximum Gasteiger partial charge on any atom is 0.368 e. The summed E-state index contributed by atoms with van der Waals surface area (Å²) in [7, 11) is 1.22. The highest BCUT2D eigenvalue weighted by Gasteiger charge is 2.07. The van der Waals surface area contributed by atoms with E-state index in [4.69, 9.17) is 1.37 Å². The van der Waals surface area contributed by atoms with Crippen LogP contribution in [0.5, 0.6) is 0 Å². The number of carbonyl (C=O) groups excluding carboxylic acids is 1. The Kier molecular flexibility index (Phi) is 2.91. The van der Waals surface area contributed by atoms with E-state index in [-0.39, 0.29) is 0 Å². The molecule has 0 aromatic carbocycles.